The molecular formula is C13H23N3O3S. The third-order valence-corrected chi connectivity index (χ3v) is 6.34. The summed E-state index contributed by atoms with van der Waals surface area (Å²) >= 11 is 0. The van der Waals surface area contributed by atoms with Crippen LogP contribution in [0.1, 0.15) is 25.7 Å². The molecule has 3 heterocycles. The van der Waals surface area contributed by atoms with Gasteiger partial charge < -0.3 is 4.90 Å². The Balaban J connectivity index is 1.68. The molecule has 0 spiro atoms. The van der Waals surface area contributed by atoms with Gasteiger partial charge in [-0.05, 0) is 38.8 Å². The highest BCUT2D eigenvalue weighted by molar-refractivity contribution is 7.88. The van der Waals surface area contributed by atoms with Crippen LogP contribution < -0.4 is 0 Å². The molecule has 20 heavy (non-hydrogen) atoms. The van der Waals surface area contributed by atoms with E-state index in [9.17, 15) is 13.2 Å². The van der Waals surface area contributed by atoms with Crippen molar-refractivity contribution in [2.75, 3.05) is 45.5 Å². The third kappa shape index (κ3) is 2.25. The highest BCUT2D eigenvalue weighted by atomic mass is 32.2. The Morgan fingerprint density at radius 2 is 1.50 bits per heavy atom. The van der Waals surface area contributed by atoms with Gasteiger partial charge in [-0.25, -0.2) is 8.42 Å². The standard InChI is InChI=1S/C13H23N3O3S/c1-20(18,19)16-10-8-14(9-11-16)12(17)13-4-2-6-15(13)7-3-5-13/h2-11H2,1H3. The molecule has 0 aromatic rings. The predicted octanol–water partition coefficient (Wildman–Crippen LogP) is -0.281. The summed E-state index contributed by atoms with van der Waals surface area (Å²) in [6.07, 6.45) is 5.39. The van der Waals surface area contributed by atoms with E-state index in [1.54, 1.807) is 0 Å². The minimum atomic E-state index is -3.13. The van der Waals surface area contributed by atoms with E-state index in [2.05, 4.69) is 4.90 Å². The van der Waals surface area contributed by atoms with Crippen LogP contribution in [-0.4, -0.2) is 79.5 Å². The molecule has 114 valence electrons. The lowest BCUT2D eigenvalue weighted by Gasteiger charge is -2.40. The largest absolute Gasteiger partial charge is 0.338 e. The first kappa shape index (κ1) is 14.3. The second kappa shape index (κ2) is 4.96. The summed E-state index contributed by atoms with van der Waals surface area (Å²) in [5.41, 5.74) is -0.257. The van der Waals surface area contributed by atoms with Gasteiger partial charge >= 0.3 is 0 Å². The van der Waals surface area contributed by atoms with Gasteiger partial charge in [-0.1, -0.05) is 0 Å². The van der Waals surface area contributed by atoms with E-state index in [1.807, 2.05) is 4.90 Å². The Bertz CT molecular complexity index is 487. The molecule has 0 aliphatic carbocycles. The average Bonchev–Trinajstić information content (AvgIpc) is 2.97. The molecule has 0 atom stereocenters. The smallest absolute Gasteiger partial charge is 0.243 e. The van der Waals surface area contributed by atoms with Crippen molar-refractivity contribution in [3.8, 4) is 0 Å². The Labute approximate surface area is 120 Å². The van der Waals surface area contributed by atoms with Gasteiger partial charge in [-0.3, -0.25) is 9.69 Å². The van der Waals surface area contributed by atoms with Crippen molar-refractivity contribution < 1.29 is 13.2 Å². The molecule has 1 amide bonds. The number of fused-ring (bicyclic) bond motifs is 1. The van der Waals surface area contributed by atoms with Crippen LogP contribution >= 0.6 is 0 Å². The predicted molar refractivity (Wildman–Crippen MR) is 75.8 cm³/mol. The van der Waals surface area contributed by atoms with E-state index in [4.69, 9.17) is 0 Å². The SMILES string of the molecule is CS(=O)(=O)N1CCN(C(=O)C23CCCN2CCC3)CC1. The van der Waals surface area contributed by atoms with Crippen LogP contribution in [0.15, 0.2) is 0 Å². The number of sulfonamides is 1. The van der Waals surface area contributed by atoms with E-state index in [0.717, 1.165) is 38.8 Å². The van der Waals surface area contributed by atoms with E-state index in [-0.39, 0.29) is 11.4 Å². The van der Waals surface area contributed by atoms with Gasteiger partial charge in [-0.2, -0.15) is 4.31 Å². The van der Waals surface area contributed by atoms with Gasteiger partial charge in [0.1, 0.15) is 5.54 Å². The highest BCUT2D eigenvalue weighted by Gasteiger charge is 2.51. The molecule has 3 saturated heterocycles. The first-order chi connectivity index (χ1) is 9.43. The number of hydrogen-bond acceptors (Lipinski definition) is 4. The van der Waals surface area contributed by atoms with Crippen molar-refractivity contribution in [2.45, 2.75) is 31.2 Å². The minimum absolute atomic E-state index is 0.237. The lowest BCUT2D eigenvalue weighted by Crippen LogP contribution is -2.58. The summed E-state index contributed by atoms with van der Waals surface area (Å²) in [6, 6.07) is 0. The zero-order valence-electron chi connectivity index (χ0n) is 12.0. The van der Waals surface area contributed by atoms with Crippen molar-refractivity contribution in [1.82, 2.24) is 14.1 Å². The summed E-state index contributed by atoms with van der Waals surface area (Å²) in [7, 11) is -3.13. The van der Waals surface area contributed by atoms with E-state index in [0.29, 0.717) is 26.2 Å². The van der Waals surface area contributed by atoms with Crippen LogP contribution in [0.4, 0.5) is 0 Å². The maximum atomic E-state index is 12.9. The number of amides is 1. The van der Waals surface area contributed by atoms with E-state index >= 15 is 0 Å². The van der Waals surface area contributed by atoms with Crippen molar-refractivity contribution in [3.63, 3.8) is 0 Å². The fraction of sp³-hybridized carbons (Fsp3) is 0.923. The molecule has 0 aromatic heterocycles. The molecule has 0 N–H and O–H groups in total. The zero-order valence-corrected chi connectivity index (χ0v) is 12.9. The number of carbonyl (C=O) groups is 1. The maximum absolute atomic E-state index is 12.9. The van der Waals surface area contributed by atoms with Crippen molar-refractivity contribution in [3.05, 3.63) is 0 Å². The highest BCUT2D eigenvalue weighted by Crippen LogP contribution is 2.40. The fourth-order valence-corrected chi connectivity index (χ4v) is 4.80. The molecule has 0 unspecified atom stereocenters. The van der Waals surface area contributed by atoms with Gasteiger partial charge in [-0.15, -0.1) is 0 Å². The monoisotopic (exact) mass is 301 g/mol. The van der Waals surface area contributed by atoms with Crippen molar-refractivity contribution in [1.29, 1.82) is 0 Å². The summed E-state index contributed by atoms with van der Waals surface area (Å²) in [4.78, 5) is 17.1. The van der Waals surface area contributed by atoms with Crippen LogP contribution in [0.5, 0.6) is 0 Å². The van der Waals surface area contributed by atoms with Gasteiger partial charge in [0.25, 0.3) is 0 Å². The first-order valence-corrected chi connectivity index (χ1v) is 9.28. The number of carbonyl (C=O) groups excluding carboxylic acids is 1. The summed E-state index contributed by atoms with van der Waals surface area (Å²) in [5.74, 6) is 0.237. The average molecular weight is 301 g/mol. The van der Waals surface area contributed by atoms with E-state index < -0.39 is 10.0 Å². The molecule has 3 aliphatic heterocycles. The van der Waals surface area contributed by atoms with Gasteiger partial charge in [0.15, 0.2) is 0 Å². The third-order valence-electron chi connectivity index (χ3n) is 5.04. The van der Waals surface area contributed by atoms with Gasteiger partial charge in [0, 0.05) is 26.2 Å². The van der Waals surface area contributed by atoms with Gasteiger partial charge in [0.05, 0.1) is 6.26 Å². The quantitative estimate of drug-likeness (QED) is 0.704. The van der Waals surface area contributed by atoms with Crippen LogP contribution in [0, 0.1) is 0 Å². The molecule has 0 saturated carbocycles. The Morgan fingerprint density at radius 1 is 0.950 bits per heavy atom. The lowest BCUT2D eigenvalue weighted by atomic mass is 9.92. The zero-order chi connectivity index (χ0) is 14.4. The normalized spacial score (nSPS) is 27.8. The fourth-order valence-electron chi connectivity index (χ4n) is 3.97. The molecule has 7 heteroatoms. The van der Waals surface area contributed by atoms with E-state index in [1.165, 1.54) is 10.6 Å². The summed E-state index contributed by atoms with van der Waals surface area (Å²) < 4.78 is 24.5. The van der Waals surface area contributed by atoms with Crippen molar-refractivity contribution >= 4 is 15.9 Å². The number of rotatable bonds is 2. The number of hydrogen-bond donors (Lipinski definition) is 0. The van der Waals surface area contributed by atoms with Crippen LogP contribution in [0.3, 0.4) is 0 Å². The number of piperazine rings is 1. The molecule has 3 fully saturated rings. The second-order valence-corrected chi connectivity index (χ2v) is 8.16. The van der Waals surface area contributed by atoms with Crippen LogP contribution in [0.2, 0.25) is 0 Å². The molecular weight excluding hydrogens is 278 g/mol. The Hall–Kier alpha value is -0.660. The molecule has 0 aromatic carbocycles. The Morgan fingerprint density at radius 3 is 2.00 bits per heavy atom. The first-order valence-electron chi connectivity index (χ1n) is 7.43. The van der Waals surface area contributed by atoms with Gasteiger partial charge in [0.2, 0.25) is 15.9 Å². The summed E-state index contributed by atoms with van der Waals surface area (Å²) in [6.45, 7) is 3.99. The molecule has 6 nitrogen and oxygen atoms in total. The summed E-state index contributed by atoms with van der Waals surface area (Å²) in [5, 5.41) is 0. The molecule has 3 rings (SSSR count). The molecule has 3 aliphatic rings. The van der Waals surface area contributed by atoms with Crippen LogP contribution in [-0.2, 0) is 14.8 Å². The Kier molecular flexibility index (Phi) is 3.54. The molecule has 0 radical (unpaired) electrons. The van der Waals surface area contributed by atoms with Crippen LogP contribution in [0.25, 0.3) is 0 Å². The lowest BCUT2D eigenvalue weighted by molar-refractivity contribution is -0.142. The second-order valence-electron chi connectivity index (χ2n) is 6.18. The van der Waals surface area contributed by atoms with Crippen molar-refractivity contribution in [2.24, 2.45) is 0 Å². The maximum Gasteiger partial charge on any atom is 0.243 e. The molecule has 0 bridgehead atoms. The number of nitrogens with zero attached hydrogens (tertiary/aromatic N) is 3. The topological polar surface area (TPSA) is 60.9 Å². The minimum Gasteiger partial charge on any atom is -0.338 e.